The zero-order chi connectivity index (χ0) is 18.9. The van der Waals surface area contributed by atoms with Crippen LogP contribution >= 0.6 is 23.5 Å². The van der Waals surface area contributed by atoms with E-state index in [1.165, 1.54) is 11.8 Å². The van der Waals surface area contributed by atoms with Gasteiger partial charge in [0.25, 0.3) is 0 Å². The smallest absolute Gasteiger partial charge is 0.549 e. The van der Waals surface area contributed by atoms with Crippen LogP contribution in [0.15, 0.2) is 53.4 Å². The van der Waals surface area contributed by atoms with Gasteiger partial charge in [0, 0.05) is 22.0 Å². The molecule has 0 aliphatic carbocycles. The normalized spacial score (nSPS) is 12.6. The third-order valence-electron chi connectivity index (χ3n) is 3.61. The summed E-state index contributed by atoms with van der Waals surface area (Å²) in [6.45, 7) is 0. The summed E-state index contributed by atoms with van der Waals surface area (Å²) in [5, 5.41) is 21.0. The number of rotatable bonds is 10. The minimum absolute atomic E-state index is 0. The van der Waals surface area contributed by atoms with Gasteiger partial charge in [-0.25, -0.2) is 0 Å². The number of methoxy groups -OCH3 is 2. The van der Waals surface area contributed by atoms with E-state index in [1.54, 1.807) is 14.2 Å². The molecule has 2 unspecified atom stereocenters. The van der Waals surface area contributed by atoms with Gasteiger partial charge in [-0.15, -0.1) is 11.8 Å². The van der Waals surface area contributed by atoms with E-state index in [-0.39, 0.29) is 46.3 Å². The van der Waals surface area contributed by atoms with Crippen molar-refractivity contribution in [2.45, 2.75) is 16.2 Å². The van der Waals surface area contributed by atoms with Crippen molar-refractivity contribution in [2.24, 2.45) is 0 Å². The molecule has 140 valence electrons. The number of thioether (sulfide) groups is 2. The molecule has 0 saturated carbocycles. The average molecular weight is 416 g/mol. The molecule has 0 fully saturated rings. The Kier molecular flexibility index (Phi) is 11.3. The van der Waals surface area contributed by atoms with Gasteiger partial charge in [0.2, 0.25) is 0 Å². The van der Waals surface area contributed by atoms with Crippen LogP contribution in [0.4, 0.5) is 0 Å². The largest absolute Gasteiger partial charge is 1.00 e. The van der Waals surface area contributed by atoms with E-state index in [0.29, 0.717) is 5.75 Å². The number of aliphatic hydroxyl groups is 1. The van der Waals surface area contributed by atoms with Crippen molar-refractivity contribution in [3.05, 3.63) is 54.1 Å². The van der Waals surface area contributed by atoms with Gasteiger partial charge in [-0.3, -0.25) is 0 Å². The van der Waals surface area contributed by atoms with Gasteiger partial charge in [0.1, 0.15) is 11.5 Å². The van der Waals surface area contributed by atoms with Crippen molar-refractivity contribution in [1.29, 1.82) is 0 Å². The zero-order valence-corrected chi connectivity index (χ0v) is 19.2. The maximum Gasteiger partial charge on any atom is 1.00 e. The van der Waals surface area contributed by atoms with Crippen molar-refractivity contribution in [3.8, 4) is 11.5 Å². The molecular formula is C19H21NaO5S2. The Bertz CT molecular complexity index is 729. The second kappa shape index (κ2) is 12.6. The van der Waals surface area contributed by atoms with Gasteiger partial charge in [-0.1, -0.05) is 24.3 Å². The standard InChI is InChI=1S/C19H22O5S2.Na/c1-23-13-6-5-7-14(10-13)26-19(16(20)11-25-12-18(21)22)15-8-3-4-9-17(15)24-2;/h3-10,16,19-20H,11-12H2,1-2H3,(H,21,22);/q;+1/p-1. The van der Waals surface area contributed by atoms with E-state index in [4.69, 9.17) is 9.47 Å². The SMILES string of the molecule is COc1cccc(SC(c2ccccc2OC)C(O)CSCC(=O)[O-])c1.[Na+]. The van der Waals surface area contributed by atoms with E-state index in [9.17, 15) is 15.0 Å². The molecule has 0 radical (unpaired) electrons. The summed E-state index contributed by atoms with van der Waals surface area (Å²) in [4.78, 5) is 11.6. The fourth-order valence-corrected chi connectivity index (χ4v) is 4.47. The molecule has 1 N–H and O–H groups in total. The van der Waals surface area contributed by atoms with E-state index < -0.39 is 12.1 Å². The molecule has 0 aliphatic heterocycles. The Morgan fingerprint density at radius 3 is 2.56 bits per heavy atom. The molecule has 0 aromatic heterocycles. The number of hydrogen-bond donors (Lipinski definition) is 1. The predicted octanol–water partition coefficient (Wildman–Crippen LogP) is -0.615. The van der Waals surface area contributed by atoms with E-state index >= 15 is 0 Å². The second-order valence-corrected chi connectivity index (χ2v) is 7.66. The maximum absolute atomic E-state index is 10.7. The molecule has 0 amide bonds. The Labute approximate surface area is 190 Å². The monoisotopic (exact) mass is 416 g/mol. The van der Waals surface area contributed by atoms with Crippen LogP contribution in [0.5, 0.6) is 11.5 Å². The van der Waals surface area contributed by atoms with Crippen LogP contribution in [-0.2, 0) is 4.79 Å². The number of hydrogen-bond acceptors (Lipinski definition) is 7. The Balaban J connectivity index is 0.00000364. The van der Waals surface area contributed by atoms with Crippen LogP contribution in [0.2, 0.25) is 0 Å². The Hall–Kier alpha value is -0.830. The van der Waals surface area contributed by atoms with Gasteiger partial charge in [0.15, 0.2) is 0 Å². The minimum atomic E-state index is -1.14. The molecule has 0 heterocycles. The van der Waals surface area contributed by atoms with Crippen LogP contribution in [0, 0.1) is 0 Å². The molecule has 2 aromatic rings. The first kappa shape index (κ1) is 24.2. The molecule has 0 bridgehead atoms. The summed E-state index contributed by atoms with van der Waals surface area (Å²) < 4.78 is 10.7. The molecule has 0 spiro atoms. The molecular weight excluding hydrogens is 395 g/mol. The Morgan fingerprint density at radius 1 is 1.15 bits per heavy atom. The number of benzene rings is 2. The molecule has 2 atom stereocenters. The molecule has 2 aromatic carbocycles. The van der Waals surface area contributed by atoms with Crippen LogP contribution in [0.1, 0.15) is 10.8 Å². The van der Waals surface area contributed by atoms with Crippen molar-refractivity contribution >= 4 is 29.5 Å². The summed E-state index contributed by atoms with van der Waals surface area (Å²) in [6, 6.07) is 15.1. The summed E-state index contributed by atoms with van der Waals surface area (Å²) in [5.74, 6) is 0.385. The third kappa shape index (κ3) is 7.60. The summed E-state index contributed by atoms with van der Waals surface area (Å²) in [6.07, 6.45) is -0.771. The molecule has 0 aliphatic rings. The number of ether oxygens (including phenoxy) is 2. The topological polar surface area (TPSA) is 78.8 Å². The summed E-state index contributed by atoms with van der Waals surface area (Å²) in [7, 11) is 3.19. The Morgan fingerprint density at radius 2 is 1.89 bits per heavy atom. The molecule has 5 nitrogen and oxygen atoms in total. The molecule has 27 heavy (non-hydrogen) atoms. The van der Waals surface area contributed by atoms with Gasteiger partial charge >= 0.3 is 29.6 Å². The van der Waals surface area contributed by atoms with E-state index in [2.05, 4.69) is 0 Å². The van der Waals surface area contributed by atoms with Crippen molar-refractivity contribution in [1.82, 2.24) is 0 Å². The van der Waals surface area contributed by atoms with Gasteiger partial charge in [-0.05, 0) is 24.3 Å². The zero-order valence-electron chi connectivity index (χ0n) is 15.6. The van der Waals surface area contributed by atoms with Crippen LogP contribution in [0.25, 0.3) is 0 Å². The number of carboxylic acid groups (broad SMARTS) is 1. The average Bonchev–Trinajstić information content (AvgIpc) is 2.65. The number of carbonyl (C=O) groups excluding carboxylic acids is 1. The quantitative estimate of drug-likeness (QED) is 0.409. The molecule has 8 heteroatoms. The van der Waals surface area contributed by atoms with Gasteiger partial charge in [0.05, 0.1) is 31.5 Å². The summed E-state index contributed by atoms with van der Waals surface area (Å²) >= 11 is 2.61. The molecule has 0 saturated heterocycles. The maximum atomic E-state index is 10.7. The summed E-state index contributed by atoms with van der Waals surface area (Å²) in [5.41, 5.74) is 0.851. The van der Waals surface area contributed by atoms with Crippen molar-refractivity contribution in [2.75, 3.05) is 25.7 Å². The van der Waals surface area contributed by atoms with Gasteiger partial charge in [-0.2, -0.15) is 11.8 Å². The first-order valence-corrected chi connectivity index (χ1v) is 9.98. The van der Waals surface area contributed by atoms with Gasteiger partial charge < -0.3 is 24.5 Å². The predicted molar refractivity (Wildman–Crippen MR) is 103 cm³/mol. The van der Waals surface area contributed by atoms with E-state index in [1.807, 2.05) is 48.5 Å². The fraction of sp³-hybridized carbons (Fsp3) is 0.316. The molecule has 2 rings (SSSR count). The number of aliphatic carboxylic acids is 1. The number of carboxylic acids is 1. The first-order chi connectivity index (χ1) is 12.5. The second-order valence-electron chi connectivity index (χ2n) is 5.41. The number of para-hydroxylation sites is 1. The number of carbonyl (C=O) groups is 1. The fourth-order valence-electron chi connectivity index (χ4n) is 2.42. The number of aliphatic hydroxyl groups excluding tert-OH is 1. The van der Waals surface area contributed by atoms with Crippen LogP contribution in [0.3, 0.4) is 0 Å². The van der Waals surface area contributed by atoms with Crippen LogP contribution < -0.4 is 44.1 Å². The third-order valence-corrected chi connectivity index (χ3v) is 5.97. The van der Waals surface area contributed by atoms with Crippen molar-refractivity contribution < 1.29 is 54.0 Å². The van der Waals surface area contributed by atoms with Crippen LogP contribution in [-0.4, -0.2) is 42.9 Å². The van der Waals surface area contributed by atoms with Crippen molar-refractivity contribution in [3.63, 3.8) is 0 Å². The first-order valence-electron chi connectivity index (χ1n) is 7.94. The minimum Gasteiger partial charge on any atom is -0.549 e. The van der Waals surface area contributed by atoms with E-state index in [0.717, 1.165) is 28.0 Å².